The highest BCUT2D eigenvalue weighted by Gasteiger charge is 2.28. The molecular weight excluding hydrogens is 364 g/mol. The maximum atomic E-state index is 13.2. The van der Waals surface area contributed by atoms with E-state index in [-0.39, 0.29) is 5.91 Å². The second-order valence-corrected chi connectivity index (χ2v) is 7.54. The highest BCUT2D eigenvalue weighted by molar-refractivity contribution is 6.06. The highest BCUT2D eigenvalue weighted by Crippen LogP contribution is 2.40. The molecular formula is C22H22N6O. The Morgan fingerprint density at radius 1 is 1.24 bits per heavy atom. The number of carbonyl (C=O) groups excluding carboxylic acids is 1. The van der Waals surface area contributed by atoms with E-state index in [1.54, 1.807) is 10.9 Å². The lowest BCUT2D eigenvalue weighted by atomic mass is 10.1. The van der Waals surface area contributed by atoms with E-state index in [4.69, 9.17) is 4.98 Å². The van der Waals surface area contributed by atoms with Gasteiger partial charge >= 0.3 is 0 Å². The maximum Gasteiger partial charge on any atom is 0.252 e. The van der Waals surface area contributed by atoms with Crippen LogP contribution in [0.5, 0.6) is 0 Å². The lowest BCUT2D eigenvalue weighted by molar-refractivity contribution is 0.0952. The summed E-state index contributed by atoms with van der Waals surface area (Å²) in [4.78, 5) is 18.0. The fourth-order valence-corrected chi connectivity index (χ4v) is 3.80. The first-order chi connectivity index (χ1) is 14.1. The maximum absolute atomic E-state index is 13.2. The summed E-state index contributed by atoms with van der Waals surface area (Å²) >= 11 is 0. The summed E-state index contributed by atoms with van der Waals surface area (Å²) in [5, 5.41) is 12.7. The number of rotatable bonds is 5. The predicted octanol–water partition coefficient (Wildman–Crippen LogP) is 3.27. The van der Waals surface area contributed by atoms with E-state index in [1.165, 1.54) is 0 Å². The van der Waals surface area contributed by atoms with Crippen molar-refractivity contribution in [2.45, 2.75) is 32.2 Å². The zero-order chi connectivity index (χ0) is 20.0. The van der Waals surface area contributed by atoms with Gasteiger partial charge < -0.3 is 5.32 Å². The average molecular weight is 386 g/mol. The SMILES string of the molecule is Cc1nn(C)c2nc(C3CC3)cc(C(=O)NCc3ccccc3-n3cccn3)c12. The van der Waals surface area contributed by atoms with Crippen LogP contribution in [0.2, 0.25) is 0 Å². The van der Waals surface area contributed by atoms with Gasteiger partial charge in [0.15, 0.2) is 5.65 Å². The van der Waals surface area contributed by atoms with Crippen molar-refractivity contribution in [1.82, 2.24) is 29.9 Å². The van der Waals surface area contributed by atoms with E-state index < -0.39 is 0 Å². The molecule has 0 atom stereocenters. The molecule has 4 aromatic rings. The van der Waals surface area contributed by atoms with Crippen molar-refractivity contribution in [1.29, 1.82) is 0 Å². The number of benzene rings is 1. The van der Waals surface area contributed by atoms with E-state index in [0.29, 0.717) is 18.0 Å². The van der Waals surface area contributed by atoms with E-state index in [1.807, 2.05) is 61.2 Å². The number of amides is 1. The molecule has 5 rings (SSSR count). The van der Waals surface area contributed by atoms with Gasteiger partial charge in [-0.1, -0.05) is 18.2 Å². The summed E-state index contributed by atoms with van der Waals surface area (Å²) in [5.74, 6) is 0.354. The third-order valence-corrected chi connectivity index (χ3v) is 5.41. The molecule has 1 fully saturated rings. The number of nitrogens with one attached hydrogen (secondary N) is 1. The van der Waals surface area contributed by atoms with Crippen LogP contribution in [0.1, 0.15) is 46.1 Å². The van der Waals surface area contributed by atoms with Crippen LogP contribution in [-0.4, -0.2) is 30.5 Å². The number of nitrogens with zero attached hydrogens (tertiary/aromatic N) is 5. The fraction of sp³-hybridized carbons (Fsp3) is 0.273. The topological polar surface area (TPSA) is 77.6 Å². The Hall–Kier alpha value is -3.48. The highest BCUT2D eigenvalue weighted by atomic mass is 16.1. The van der Waals surface area contributed by atoms with E-state index in [2.05, 4.69) is 15.5 Å². The lowest BCUT2D eigenvalue weighted by Crippen LogP contribution is -2.24. The van der Waals surface area contributed by atoms with Crippen molar-refractivity contribution in [3.8, 4) is 5.69 Å². The zero-order valence-electron chi connectivity index (χ0n) is 16.5. The number of para-hydroxylation sites is 1. The molecule has 29 heavy (non-hydrogen) atoms. The first kappa shape index (κ1) is 17.6. The second kappa shape index (κ2) is 6.84. The number of pyridine rings is 1. The lowest BCUT2D eigenvalue weighted by Gasteiger charge is -2.12. The Balaban J connectivity index is 1.47. The van der Waals surface area contributed by atoms with Gasteiger partial charge in [-0.2, -0.15) is 10.2 Å². The Bertz CT molecular complexity index is 1200. The van der Waals surface area contributed by atoms with Crippen LogP contribution in [0.25, 0.3) is 16.7 Å². The standard InChI is InChI=1S/C22H22N6O/c1-14-20-17(12-18(15-8-9-15)25-21(20)27(2)26-14)22(29)23-13-16-6-3-4-7-19(16)28-11-5-10-24-28/h3-7,10-12,15H,8-9,13H2,1-2H3,(H,23,29). The number of aryl methyl sites for hydroxylation is 2. The number of fused-ring (bicyclic) bond motifs is 1. The van der Waals surface area contributed by atoms with Gasteiger partial charge in [0.2, 0.25) is 0 Å². The summed E-state index contributed by atoms with van der Waals surface area (Å²) < 4.78 is 3.57. The van der Waals surface area contributed by atoms with E-state index >= 15 is 0 Å². The third kappa shape index (κ3) is 3.18. The van der Waals surface area contributed by atoms with Crippen molar-refractivity contribution in [2.24, 2.45) is 7.05 Å². The number of aromatic nitrogens is 5. The average Bonchev–Trinajstić information content (AvgIpc) is 3.36. The molecule has 1 N–H and O–H groups in total. The van der Waals surface area contributed by atoms with Gasteiger partial charge in [-0.15, -0.1) is 0 Å². The minimum atomic E-state index is -0.106. The molecule has 0 radical (unpaired) electrons. The van der Waals surface area contributed by atoms with Crippen molar-refractivity contribution in [3.05, 3.63) is 71.3 Å². The molecule has 1 aliphatic rings. The van der Waals surface area contributed by atoms with Crippen LogP contribution in [0.3, 0.4) is 0 Å². The zero-order valence-corrected chi connectivity index (χ0v) is 16.5. The monoisotopic (exact) mass is 386 g/mol. The Morgan fingerprint density at radius 3 is 2.83 bits per heavy atom. The van der Waals surface area contributed by atoms with Gasteiger partial charge in [0.05, 0.1) is 22.3 Å². The molecule has 0 saturated heterocycles. The minimum Gasteiger partial charge on any atom is -0.348 e. The molecule has 146 valence electrons. The largest absolute Gasteiger partial charge is 0.348 e. The van der Waals surface area contributed by atoms with Crippen LogP contribution in [0, 0.1) is 6.92 Å². The number of hydrogen-bond donors (Lipinski definition) is 1. The predicted molar refractivity (Wildman–Crippen MR) is 110 cm³/mol. The van der Waals surface area contributed by atoms with Crippen molar-refractivity contribution >= 4 is 16.9 Å². The first-order valence-electron chi connectivity index (χ1n) is 9.82. The smallest absolute Gasteiger partial charge is 0.252 e. The van der Waals surface area contributed by atoms with Crippen LogP contribution in [0.15, 0.2) is 48.8 Å². The van der Waals surface area contributed by atoms with Gasteiger partial charge in [-0.25, -0.2) is 9.67 Å². The summed E-state index contributed by atoms with van der Waals surface area (Å²) in [6.45, 7) is 2.33. The summed E-state index contributed by atoms with van der Waals surface area (Å²) in [7, 11) is 1.88. The van der Waals surface area contributed by atoms with E-state index in [9.17, 15) is 4.79 Å². The van der Waals surface area contributed by atoms with Gasteiger partial charge in [0.1, 0.15) is 0 Å². The molecule has 0 spiro atoms. The molecule has 7 heteroatoms. The van der Waals surface area contributed by atoms with Crippen molar-refractivity contribution in [3.63, 3.8) is 0 Å². The fourth-order valence-electron chi connectivity index (χ4n) is 3.80. The first-order valence-corrected chi connectivity index (χ1v) is 9.82. The Morgan fingerprint density at radius 2 is 2.07 bits per heavy atom. The molecule has 1 amide bonds. The quantitative estimate of drug-likeness (QED) is 0.571. The molecule has 0 aliphatic heterocycles. The van der Waals surface area contributed by atoms with Crippen LogP contribution in [-0.2, 0) is 13.6 Å². The molecule has 3 heterocycles. The molecule has 0 unspecified atom stereocenters. The number of hydrogen-bond acceptors (Lipinski definition) is 4. The second-order valence-electron chi connectivity index (χ2n) is 7.54. The summed E-state index contributed by atoms with van der Waals surface area (Å²) in [6.07, 6.45) is 5.91. The molecule has 3 aromatic heterocycles. The molecule has 1 aromatic carbocycles. The minimum absolute atomic E-state index is 0.106. The molecule has 1 aliphatic carbocycles. The van der Waals surface area contributed by atoms with Gasteiger partial charge in [0, 0.05) is 37.6 Å². The number of carbonyl (C=O) groups is 1. The normalized spacial score (nSPS) is 13.7. The molecule has 1 saturated carbocycles. The molecule has 0 bridgehead atoms. The van der Waals surface area contributed by atoms with Crippen molar-refractivity contribution < 1.29 is 4.79 Å². The summed E-state index contributed by atoms with van der Waals surface area (Å²) in [5.41, 5.74) is 5.18. The summed E-state index contributed by atoms with van der Waals surface area (Å²) in [6, 6.07) is 11.8. The van der Waals surface area contributed by atoms with Crippen LogP contribution < -0.4 is 5.32 Å². The van der Waals surface area contributed by atoms with Crippen LogP contribution in [0.4, 0.5) is 0 Å². The van der Waals surface area contributed by atoms with Gasteiger partial charge in [-0.05, 0) is 43.5 Å². The third-order valence-electron chi connectivity index (χ3n) is 5.41. The Labute approximate surface area is 168 Å². The van der Waals surface area contributed by atoms with Crippen molar-refractivity contribution in [2.75, 3.05) is 0 Å². The molecule has 7 nitrogen and oxygen atoms in total. The Kier molecular flexibility index (Phi) is 4.16. The van der Waals surface area contributed by atoms with Gasteiger partial charge in [0.25, 0.3) is 5.91 Å². The van der Waals surface area contributed by atoms with Gasteiger partial charge in [-0.3, -0.25) is 9.48 Å². The van der Waals surface area contributed by atoms with E-state index in [0.717, 1.165) is 46.5 Å². The van der Waals surface area contributed by atoms with Crippen LogP contribution >= 0.6 is 0 Å².